The SMILES string of the molecule is C[C@H](CCC(=O)O)[C@H]1CC[C@H]2[C@@H]3C(O)CC4C[C@@H](O)CC[C@]4(C)[C@H]3CC[C@]12C. The number of carboxylic acids is 1. The summed E-state index contributed by atoms with van der Waals surface area (Å²) in [6.07, 6.45) is 9.19. The maximum absolute atomic E-state index is 11.2. The highest BCUT2D eigenvalue weighted by Crippen LogP contribution is 2.68. The van der Waals surface area contributed by atoms with Crippen molar-refractivity contribution in [3.63, 3.8) is 0 Å². The van der Waals surface area contributed by atoms with Crippen LogP contribution in [-0.4, -0.2) is 33.5 Å². The zero-order chi connectivity index (χ0) is 20.3. The van der Waals surface area contributed by atoms with Crippen LogP contribution in [0.5, 0.6) is 0 Å². The lowest BCUT2D eigenvalue weighted by molar-refractivity contribution is -0.174. The average Bonchev–Trinajstić information content (AvgIpc) is 2.98. The number of aliphatic carboxylic acids is 1. The second-order valence-electron chi connectivity index (χ2n) is 11.4. The van der Waals surface area contributed by atoms with Crippen molar-refractivity contribution in [2.75, 3.05) is 0 Å². The largest absolute Gasteiger partial charge is 0.481 e. The molecular weight excluding hydrogens is 352 g/mol. The van der Waals surface area contributed by atoms with Crippen LogP contribution in [0.4, 0.5) is 0 Å². The van der Waals surface area contributed by atoms with Crippen molar-refractivity contribution in [1.82, 2.24) is 0 Å². The monoisotopic (exact) mass is 392 g/mol. The van der Waals surface area contributed by atoms with Crippen LogP contribution in [0.1, 0.15) is 85.0 Å². The summed E-state index contributed by atoms with van der Waals surface area (Å²) < 4.78 is 0. The summed E-state index contributed by atoms with van der Waals surface area (Å²) in [5.41, 5.74) is 0.523. The van der Waals surface area contributed by atoms with Gasteiger partial charge in [0.1, 0.15) is 0 Å². The van der Waals surface area contributed by atoms with Gasteiger partial charge < -0.3 is 15.3 Å². The quantitative estimate of drug-likeness (QED) is 0.659. The first kappa shape index (κ1) is 20.7. The number of hydrogen-bond acceptors (Lipinski definition) is 3. The fraction of sp³-hybridized carbons (Fsp3) is 0.958. The maximum atomic E-state index is 11.2. The third-order valence-corrected chi connectivity index (χ3v) is 10.2. The van der Waals surface area contributed by atoms with E-state index >= 15 is 0 Å². The molecule has 4 heteroatoms. The second-order valence-corrected chi connectivity index (χ2v) is 11.4. The van der Waals surface area contributed by atoms with E-state index in [-0.39, 0.29) is 29.5 Å². The summed E-state index contributed by atoms with van der Waals surface area (Å²) in [6, 6.07) is 0. The van der Waals surface area contributed by atoms with Gasteiger partial charge >= 0.3 is 5.97 Å². The van der Waals surface area contributed by atoms with Gasteiger partial charge in [-0.2, -0.15) is 0 Å². The molecule has 4 rings (SSSR count). The summed E-state index contributed by atoms with van der Waals surface area (Å²) in [7, 11) is 0. The Morgan fingerprint density at radius 1 is 1.00 bits per heavy atom. The molecule has 0 radical (unpaired) electrons. The molecule has 2 unspecified atom stereocenters. The summed E-state index contributed by atoms with van der Waals surface area (Å²) >= 11 is 0. The molecule has 4 nitrogen and oxygen atoms in total. The molecule has 0 aliphatic heterocycles. The van der Waals surface area contributed by atoms with Gasteiger partial charge in [-0.25, -0.2) is 0 Å². The van der Waals surface area contributed by atoms with Gasteiger partial charge in [0.15, 0.2) is 0 Å². The zero-order valence-electron chi connectivity index (χ0n) is 17.9. The van der Waals surface area contributed by atoms with E-state index in [1.807, 2.05) is 0 Å². The Hall–Kier alpha value is -0.610. The van der Waals surface area contributed by atoms with Crippen molar-refractivity contribution in [3.05, 3.63) is 0 Å². The van der Waals surface area contributed by atoms with Gasteiger partial charge in [-0.15, -0.1) is 0 Å². The number of fused-ring (bicyclic) bond motifs is 5. The fourth-order valence-corrected chi connectivity index (χ4v) is 8.73. The predicted molar refractivity (Wildman–Crippen MR) is 109 cm³/mol. The van der Waals surface area contributed by atoms with E-state index in [0.29, 0.717) is 35.5 Å². The van der Waals surface area contributed by atoms with Crippen LogP contribution in [0.3, 0.4) is 0 Å². The lowest BCUT2D eigenvalue weighted by Gasteiger charge is -2.62. The second kappa shape index (κ2) is 7.27. The molecule has 4 aliphatic rings. The minimum absolute atomic E-state index is 0.179. The van der Waals surface area contributed by atoms with Crippen LogP contribution in [0.25, 0.3) is 0 Å². The number of rotatable bonds is 4. The van der Waals surface area contributed by atoms with E-state index in [1.54, 1.807) is 0 Å². The van der Waals surface area contributed by atoms with Crippen LogP contribution in [0.15, 0.2) is 0 Å². The highest BCUT2D eigenvalue weighted by atomic mass is 16.4. The Balaban J connectivity index is 1.55. The average molecular weight is 393 g/mol. The minimum Gasteiger partial charge on any atom is -0.481 e. The molecule has 0 aromatic rings. The number of aliphatic hydroxyl groups excluding tert-OH is 2. The normalized spacial score (nSPS) is 51.7. The van der Waals surface area contributed by atoms with Crippen molar-refractivity contribution in [1.29, 1.82) is 0 Å². The Morgan fingerprint density at radius 3 is 2.39 bits per heavy atom. The molecule has 0 spiro atoms. The molecule has 0 aromatic heterocycles. The van der Waals surface area contributed by atoms with E-state index in [4.69, 9.17) is 5.11 Å². The van der Waals surface area contributed by atoms with Crippen LogP contribution in [0, 0.1) is 46.3 Å². The van der Waals surface area contributed by atoms with Crippen LogP contribution < -0.4 is 0 Å². The summed E-state index contributed by atoms with van der Waals surface area (Å²) in [6.45, 7) is 7.16. The number of aliphatic hydroxyl groups is 2. The van der Waals surface area contributed by atoms with E-state index in [2.05, 4.69) is 20.8 Å². The standard InChI is InChI=1S/C24H40O4/c1-14(4-7-21(27)28)17-5-6-18-22-19(9-11-24(17,18)3)23(2)10-8-16(25)12-15(23)13-20(22)26/h14-20,22,25-26H,4-13H2,1-3H3,(H,27,28)/t14-,15?,16+,17-,18+,19+,20?,22+,23+,24-/m1/s1. The number of carbonyl (C=O) groups is 1. The molecule has 10 atom stereocenters. The van der Waals surface area contributed by atoms with E-state index < -0.39 is 5.97 Å². The van der Waals surface area contributed by atoms with Crippen molar-refractivity contribution in [3.8, 4) is 0 Å². The van der Waals surface area contributed by atoms with E-state index in [9.17, 15) is 15.0 Å². The van der Waals surface area contributed by atoms with Crippen molar-refractivity contribution in [2.24, 2.45) is 46.3 Å². The molecule has 4 saturated carbocycles. The third kappa shape index (κ3) is 3.14. The highest BCUT2D eigenvalue weighted by molar-refractivity contribution is 5.66. The van der Waals surface area contributed by atoms with Crippen LogP contribution >= 0.6 is 0 Å². The molecule has 0 amide bonds. The molecule has 4 fully saturated rings. The fourth-order valence-electron chi connectivity index (χ4n) is 8.73. The molecule has 4 aliphatic carbocycles. The van der Waals surface area contributed by atoms with E-state index in [1.165, 1.54) is 25.7 Å². The van der Waals surface area contributed by atoms with Gasteiger partial charge in [-0.3, -0.25) is 4.79 Å². The Kier molecular flexibility index (Phi) is 5.36. The Morgan fingerprint density at radius 2 is 1.68 bits per heavy atom. The summed E-state index contributed by atoms with van der Waals surface area (Å²) in [4.78, 5) is 11.1. The zero-order valence-corrected chi connectivity index (χ0v) is 17.9. The van der Waals surface area contributed by atoms with Gasteiger partial charge in [0.2, 0.25) is 0 Å². The van der Waals surface area contributed by atoms with E-state index in [0.717, 1.165) is 32.1 Å². The first-order valence-electron chi connectivity index (χ1n) is 11.7. The first-order chi connectivity index (χ1) is 13.2. The molecule has 28 heavy (non-hydrogen) atoms. The van der Waals surface area contributed by atoms with Crippen molar-refractivity contribution >= 4 is 5.97 Å². The molecule has 0 heterocycles. The Bertz CT molecular complexity index is 605. The van der Waals surface area contributed by atoms with Gasteiger partial charge in [-0.1, -0.05) is 20.8 Å². The maximum Gasteiger partial charge on any atom is 0.303 e. The molecule has 3 N–H and O–H groups in total. The molecule has 0 bridgehead atoms. The topological polar surface area (TPSA) is 77.8 Å². The molecule has 0 saturated heterocycles. The van der Waals surface area contributed by atoms with Crippen LogP contribution in [-0.2, 0) is 4.79 Å². The summed E-state index contributed by atoms with van der Waals surface area (Å²) in [5, 5.41) is 30.5. The first-order valence-corrected chi connectivity index (χ1v) is 11.7. The number of carboxylic acid groups (broad SMARTS) is 1. The van der Waals surface area contributed by atoms with Crippen LogP contribution in [0.2, 0.25) is 0 Å². The van der Waals surface area contributed by atoms with Gasteiger partial charge in [0.25, 0.3) is 0 Å². The molecular formula is C24H40O4. The third-order valence-electron chi connectivity index (χ3n) is 10.2. The Labute approximate surface area is 170 Å². The van der Waals surface area contributed by atoms with Crippen molar-refractivity contribution in [2.45, 2.75) is 97.2 Å². The lowest BCUT2D eigenvalue weighted by atomic mass is 9.43. The minimum atomic E-state index is -0.684. The molecule has 160 valence electrons. The van der Waals surface area contributed by atoms with Gasteiger partial charge in [0, 0.05) is 6.42 Å². The number of hydrogen-bond donors (Lipinski definition) is 3. The highest BCUT2D eigenvalue weighted by Gasteiger charge is 2.62. The smallest absolute Gasteiger partial charge is 0.303 e. The summed E-state index contributed by atoms with van der Waals surface area (Å²) in [5.74, 6) is 2.36. The predicted octanol–water partition coefficient (Wildman–Crippen LogP) is 4.48. The van der Waals surface area contributed by atoms with Crippen molar-refractivity contribution < 1.29 is 20.1 Å². The van der Waals surface area contributed by atoms with Gasteiger partial charge in [0.05, 0.1) is 12.2 Å². The molecule has 0 aromatic carbocycles. The van der Waals surface area contributed by atoms with Gasteiger partial charge in [-0.05, 0) is 104 Å². The lowest BCUT2D eigenvalue weighted by Crippen LogP contribution is -2.58.